The van der Waals surface area contributed by atoms with E-state index in [1.54, 1.807) is 19.2 Å². The van der Waals surface area contributed by atoms with E-state index < -0.39 is 11.2 Å². The number of hydrogen-bond donors (Lipinski definition) is 1. The molecular formula is C16H15ClO3S. The standard InChI is InChI=1S/C16H15ClO3S/c1-20-13-4-2-3-11(9-13)10-15(16(18)19)21-14-7-5-12(17)6-8-14/h2-9,15H,10H2,1H3,(H,18,19)/t15-/m0/s1. The second-order valence-electron chi connectivity index (χ2n) is 4.45. The van der Waals surface area contributed by atoms with Crippen molar-refractivity contribution in [2.75, 3.05) is 7.11 Å². The molecule has 1 N–H and O–H groups in total. The minimum atomic E-state index is -0.835. The molecule has 5 heteroatoms. The van der Waals surface area contributed by atoms with Crippen LogP contribution in [0, 0.1) is 0 Å². The molecule has 0 spiro atoms. The molecule has 1 atom stereocenters. The third-order valence-corrected chi connectivity index (χ3v) is 4.37. The van der Waals surface area contributed by atoms with Crippen LogP contribution in [0.4, 0.5) is 0 Å². The molecule has 21 heavy (non-hydrogen) atoms. The van der Waals surface area contributed by atoms with Gasteiger partial charge in [-0.3, -0.25) is 4.79 Å². The van der Waals surface area contributed by atoms with Crippen LogP contribution < -0.4 is 4.74 Å². The Morgan fingerprint density at radius 3 is 2.62 bits per heavy atom. The summed E-state index contributed by atoms with van der Waals surface area (Å²) in [6, 6.07) is 14.6. The van der Waals surface area contributed by atoms with Crippen molar-refractivity contribution in [1.29, 1.82) is 0 Å². The highest BCUT2D eigenvalue weighted by atomic mass is 35.5. The van der Waals surface area contributed by atoms with Crippen LogP contribution in [0.1, 0.15) is 5.56 Å². The summed E-state index contributed by atoms with van der Waals surface area (Å²) in [6.07, 6.45) is 0.430. The number of benzene rings is 2. The summed E-state index contributed by atoms with van der Waals surface area (Å²) in [7, 11) is 1.59. The minimum Gasteiger partial charge on any atom is -0.497 e. The lowest BCUT2D eigenvalue weighted by atomic mass is 10.1. The normalized spacial score (nSPS) is 11.9. The van der Waals surface area contributed by atoms with Crippen LogP contribution in [0.25, 0.3) is 0 Å². The monoisotopic (exact) mass is 322 g/mol. The molecule has 0 bridgehead atoms. The van der Waals surface area contributed by atoms with Gasteiger partial charge >= 0.3 is 5.97 Å². The second kappa shape index (κ2) is 7.38. The fourth-order valence-corrected chi connectivity index (χ4v) is 2.99. The molecular weight excluding hydrogens is 308 g/mol. The molecule has 110 valence electrons. The molecule has 2 rings (SSSR count). The first-order valence-electron chi connectivity index (χ1n) is 6.36. The number of hydrogen-bond acceptors (Lipinski definition) is 3. The third kappa shape index (κ3) is 4.69. The maximum absolute atomic E-state index is 11.5. The Balaban J connectivity index is 2.11. The smallest absolute Gasteiger partial charge is 0.317 e. The molecule has 2 aromatic carbocycles. The summed E-state index contributed by atoms with van der Waals surface area (Å²) in [5.41, 5.74) is 0.934. The molecule has 0 radical (unpaired) electrons. The lowest BCUT2D eigenvalue weighted by Gasteiger charge is -2.13. The van der Waals surface area contributed by atoms with Crippen molar-refractivity contribution in [2.24, 2.45) is 0 Å². The number of halogens is 1. The Bertz CT molecular complexity index is 613. The third-order valence-electron chi connectivity index (χ3n) is 2.92. The van der Waals surface area contributed by atoms with Crippen molar-refractivity contribution < 1.29 is 14.6 Å². The summed E-state index contributed by atoms with van der Waals surface area (Å²) in [4.78, 5) is 12.3. The predicted octanol–water partition coefficient (Wildman–Crippen LogP) is 4.14. The molecule has 0 aliphatic rings. The summed E-state index contributed by atoms with van der Waals surface area (Å²) in [5.74, 6) is -0.106. The number of carboxylic acids is 1. The van der Waals surface area contributed by atoms with Crippen LogP contribution in [0.5, 0.6) is 5.75 Å². The van der Waals surface area contributed by atoms with E-state index in [9.17, 15) is 9.90 Å². The first-order chi connectivity index (χ1) is 10.1. The number of ether oxygens (including phenoxy) is 1. The molecule has 0 aromatic heterocycles. The molecule has 0 unspecified atom stereocenters. The van der Waals surface area contributed by atoms with Gasteiger partial charge in [0, 0.05) is 9.92 Å². The van der Waals surface area contributed by atoms with Gasteiger partial charge in [-0.2, -0.15) is 0 Å². The highest BCUT2D eigenvalue weighted by molar-refractivity contribution is 8.00. The number of methoxy groups -OCH3 is 1. The molecule has 0 aliphatic heterocycles. The van der Waals surface area contributed by atoms with Gasteiger partial charge in [0.1, 0.15) is 11.0 Å². The van der Waals surface area contributed by atoms with Crippen molar-refractivity contribution in [1.82, 2.24) is 0 Å². The highest BCUT2D eigenvalue weighted by Gasteiger charge is 2.19. The molecule has 3 nitrogen and oxygen atoms in total. The van der Waals surface area contributed by atoms with E-state index in [-0.39, 0.29) is 0 Å². The quantitative estimate of drug-likeness (QED) is 0.812. The van der Waals surface area contributed by atoms with Crippen LogP contribution in [-0.2, 0) is 11.2 Å². The van der Waals surface area contributed by atoms with Gasteiger partial charge in [-0.05, 0) is 48.4 Å². The van der Waals surface area contributed by atoms with Gasteiger partial charge in [0.25, 0.3) is 0 Å². The summed E-state index contributed by atoms with van der Waals surface area (Å²) < 4.78 is 5.16. The average Bonchev–Trinajstić information content (AvgIpc) is 2.49. The Morgan fingerprint density at radius 2 is 2.00 bits per heavy atom. The van der Waals surface area contributed by atoms with Crippen molar-refractivity contribution in [3.8, 4) is 5.75 Å². The highest BCUT2D eigenvalue weighted by Crippen LogP contribution is 2.28. The lowest BCUT2D eigenvalue weighted by Crippen LogP contribution is -2.19. The second-order valence-corrected chi connectivity index (χ2v) is 6.17. The van der Waals surface area contributed by atoms with Gasteiger partial charge in [0.05, 0.1) is 7.11 Å². The fourth-order valence-electron chi connectivity index (χ4n) is 1.87. The molecule has 0 aliphatic carbocycles. The first-order valence-corrected chi connectivity index (χ1v) is 7.62. The maximum Gasteiger partial charge on any atom is 0.317 e. The zero-order valence-corrected chi connectivity index (χ0v) is 13.0. The Morgan fingerprint density at radius 1 is 1.29 bits per heavy atom. The fraction of sp³-hybridized carbons (Fsp3) is 0.188. The lowest BCUT2D eigenvalue weighted by molar-refractivity contribution is -0.136. The maximum atomic E-state index is 11.5. The average molecular weight is 323 g/mol. The van der Waals surface area contributed by atoms with Gasteiger partial charge in [-0.15, -0.1) is 11.8 Å². The van der Waals surface area contributed by atoms with Crippen molar-refractivity contribution in [2.45, 2.75) is 16.6 Å². The zero-order valence-electron chi connectivity index (χ0n) is 11.5. The van der Waals surface area contributed by atoms with Crippen molar-refractivity contribution >= 4 is 29.3 Å². The van der Waals surface area contributed by atoms with E-state index in [1.165, 1.54) is 11.8 Å². The SMILES string of the molecule is COc1cccc(C[C@H](Sc2ccc(Cl)cc2)C(=O)O)c1. The van der Waals surface area contributed by atoms with E-state index >= 15 is 0 Å². The van der Waals surface area contributed by atoms with E-state index in [1.807, 2.05) is 36.4 Å². The Kier molecular flexibility index (Phi) is 5.53. The topological polar surface area (TPSA) is 46.5 Å². The van der Waals surface area contributed by atoms with E-state index in [0.29, 0.717) is 11.4 Å². The van der Waals surface area contributed by atoms with Crippen molar-refractivity contribution in [3.63, 3.8) is 0 Å². The summed E-state index contributed by atoms with van der Waals surface area (Å²) in [6.45, 7) is 0. The number of carboxylic acid groups (broad SMARTS) is 1. The van der Waals surface area contributed by atoms with Gasteiger partial charge in [-0.25, -0.2) is 0 Å². The van der Waals surface area contributed by atoms with Crippen LogP contribution >= 0.6 is 23.4 Å². The van der Waals surface area contributed by atoms with Gasteiger partial charge in [-0.1, -0.05) is 23.7 Å². The van der Waals surface area contributed by atoms with Gasteiger partial charge in [0.15, 0.2) is 0 Å². The zero-order chi connectivity index (χ0) is 15.2. The van der Waals surface area contributed by atoms with Gasteiger partial charge < -0.3 is 9.84 Å². The molecule has 0 saturated carbocycles. The van der Waals surface area contributed by atoms with Crippen molar-refractivity contribution in [3.05, 3.63) is 59.1 Å². The van der Waals surface area contributed by atoms with Crippen LogP contribution in [-0.4, -0.2) is 23.4 Å². The predicted molar refractivity (Wildman–Crippen MR) is 85.4 cm³/mol. The minimum absolute atomic E-state index is 0.430. The summed E-state index contributed by atoms with van der Waals surface area (Å²) >= 11 is 7.15. The van der Waals surface area contributed by atoms with E-state index in [2.05, 4.69) is 0 Å². The van der Waals surface area contributed by atoms with Crippen LogP contribution in [0.15, 0.2) is 53.4 Å². The van der Waals surface area contributed by atoms with Crippen LogP contribution in [0.3, 0.4) is 0 Å². The van der Waals surface area contributed by atoms with E-state index in [4.69, 9.17) is 16.3 Å². The van der Waals surface area contributed by atoms with E-state index in [0.717, 1.165) is 16.2 Å². The molecule has 0 amide bonds. The molecule has 0 saturated heterocycles. The van der Waals surface area contributed by atoms with Crippen LogP contribution in [0.2, 0.25) is 5.02 Å². The number of rotatable bonds is 6. The molecule has 2 aromatic rings. The number of thioether (sulfide) groups is 1. The molecule has 0 heterocycles. The molecule has 0 fully saturated rings. The number of aliphatic carboxylic acids is 1. The number of carbonyl (C=O) groups is 1. The summed E-state index contributed by atoms with van der Waals surface area (Å²) in [5, 5.41) is 9.48. The first kappa shape index (κ1) is 15.7. The largest absolute Gasteiger partial charge is 0.497 e. The van der Waals surface area contributed by atoms with Gasteiger partial charge in [0.2, 0.25) is 0 Å². The Labute approximate surface area is 132 Å². The Hall–Kier alpha value is -1.65.